The standard InChI is InChI=1S/C19H21N5OS/c1-3-13-12(2)26-18-15(13)17-20-16(14-8-7-11-25-14)22-24(17)19(21-18)23-9-5-4-6-10-23/h7-8,11H,3-6,9-10H2,1-2H3. The molecule has 0 N–H and O–H groups in total. The third-order valence-electron chi connectivity index (χ3n) is 5.15. The van der Waals surface area contributed by atoms with Crippen molar-refractivity contribution in [1.29, 1.82) is 0 Å². The molecule has 0 bridgehead atoms. The van der Waals surface area contributed by atoms with Crippen LogP contribution in [0.4, 0.5) is 5.95 Å². The molecule has 1 aliphatic rings. The fraction of sp³-hybridized carbons (Fsp3) is 0.421. The Morgan fingerprint density at radius 3 is 2.77 bits per heavy atom. The van der Waals surface area contributed by atoms with Crippen molar-refractivity contribution in [2.75, 3.05) is 18.0 Å². The lowest BCUT2D eigenvalue weighted by molar-refractivity contribution is 0.562. The monoisotopic (exact) mass is 367 g/mol. The van der Waals surface area contributed by atoms with E-state index in [0.29, 0.717) is 11.6 Å². The van der Waals surface area contributed by atoms with Crippen LogP contribution in [0.25, 0.3) is 27.4 Å². The minimum atomic E-state index is 0.619. The number of fused-ring (bicyclic) bond motifs is 3. The molecule has 1 aliphatic heterocycles. The summed E-state index contributed by atoms with van der Waals surface area (Å²) in [5, 5.41) is 5.92. The fourth-order valence-electron chi connectivity index (χ4n) is 3.86. The summed E-state index contributed by atoms with van der Waals surface area (Å²) in [6.45, 7) is 6.41. The van der Waals surface area contributed by atoms with E-state index in [4.69, 9.17) is 19.5 Å². The Labute approximate surface area is 155 Å². The number of rotatable bonds is 3. The van der Waals surface area contributed by atoms with Crippen molar-refractivity contribution in [2.24, 2.45) is 0 Å². The summed E-state index contributed by atoms with van der Waals surface area (Å²) in [6, 6.07) is 3.77. The second-order valence-electron chi connectivity index (χ2n) is 6.78. The number of hydrogen-bond donors (Lipinski definition) is 0. The highest BCUT2D eigenvalue weighted by molar-refractivity contribution is 7.18. The van der Waals surface area contributed by atoms with Crippen LogP contribution in [0, 0.1) is 6.92 Å². The van der Waals surface area contributed by atoms with E-state index in [1.165, 1.54) is 29.7 Å². The zero-order valence-corrected chi connectivity index (χ0v) is 15.8. The smallest absolute Gasteiger partial charge is 0.229 e. The highest BCUT2D eigenvalue weighted by Gasteiger charge is 2.23. The molecule has 5 rings (SSSR count). The first-order chi connectivity index (χ1) is 12.8. The highest BCUT2D eigenvalue weighted by Crippen LogP contribution is 2.35. The van der Waals surface area contributed by atoms with Crippen LogP contribution in [0.2, 0.25) is 0 Å². The zero-order chi connectivity index (χ0) is 17.7. The number of anilines is 1. The Bertz CT molecular complexity index is 1070. The first kappa shape index (κ1) is 15.8. The van der Waals surface area contributed by atoms with Gasteiger partial charge in [-0.15, -0.1) is 16.4 Å². The van der Waals surface area contributed by atoms with Crippen LogP contribution in [0.1, 0.15) is 36.6 Å². The quantitative estimate of drug-likeness (QED) is 0.535. The third-order valence-corrected chi connectivity index (χ3v) is 6.19. The van der Waals surface area contributed by atoms with Gasteiger partial charge in [0.25, 0.3) is 0 Å². The van der Waals surface area contributed by atoms with Gasteiger partial charge < -0.3 is 9.32 Å². The van der Waals surface area contributed by atoms with Gasteiger partial charge in [0.1, 0.15) is 4.83 Å². The van der Waals surface area contributed by atoms with Crippen LogP contribution in [0.5, 0.6) is 0 Å². The van der Waals surface area contributed by atoms with Gasteiger partial charge in [0, 0.05) is 18.0 Å². The van der Waals surface area contributed by atoms with E-state index in [1.54, 1.807) is 17.6 Å². The highest BCUT2D eigenvalue weighted by atomic mass is 32.1. The van der Waals surface area contributed by atoms with E-state index >= 15 is 0 Å². The molecule has 0 atom stereocenters. The maximum Gasteiger partial charge on any atom is 0.229 e. The summed E-state index contributed by atoms with van der Waals surface area (Å²) in [6.07, 6.45) is 6.31. The van der Waals surface area contributed by atoms with E-state index in [2.05, 4.69) is 18.7 Å². The minimum Gasteiger partial charge on any atom is -0.461 e. The Kier molecular flexibility index (Phi) is 3.70. The molecule has 0 amide bonds. The van der Waals surface area contributed by atoms with Crippen LogP contribution in [0.3, 0.4) is 0 Å². The number of piperidine rings is 1. The molecule has 0 spiro atoms. The average molecular weight is 367 g/mol. The van der Waals surface area contributed by atoms with Crippen LogP contribution < -0.4 is 4.90 Å². The van der Waals surface area contributed by atoms with Gasteiger partial charge in [-0.05, 0) is 50.3 Å². The van der Waals surface area contributed by atoms with E-state index in [1.807, 2.05) is 16.6 Å². The Morgan fingerprint density at radius 1 is 1.19 bits per heavy atom. The molecule has 1 fully saturated rings. The Balaban J connectivity index is 1.82. The number of furan rings is 1. The predicted octanol–water partition coefficient (Wildman–Crippen LogP) is 4.46. The normalized spacial score (nSPS) is 15.4. The molecule has 134 valence electrons. The summed E-state index contributed by atoms with van der Waals surface area (Å²) in [4.78, 5) is 14.6. The molecule has 1 saturated heterocycles. The summed E-state index contributed by atoms with van der Waals surface area (Å²) < 4.78 is 7.47. The van der Waals surface area contributed by atoms with Gasteiger partial charge >= 0.3 is 0 Å². The van der Waals surface area contributed by atoms with Gasteiger partial charge in [0.05, 0.1) is 11.6 Å². The maximum atomic E-state index is 5.54. The van der Waals surface area contributed by atoms with E-state index in [9.17, 15) is 0 Å². The molecule has 0 unspecified atom stereocenters. The van der Waals surface area contributed by atoms with Gasteiger partial charge in [0.2, 0.25) is 11.8 Å². The Hall–Kier alpha value is -2.41. The average Bonchev–Trinajstić information content (AvgIpc) is 3.38. The maximum absolute atomic E-state index is 5.54. The SMILES string of the molecule is CCc1c(C)sc2nc(N3CCCCC3)n3nc(-c4ccco4)nc3c12. The van der Waals surface area contributed by atoms with Crippen molar-refractivity contribution in [3.63, 3.8) is 0 Å². The summed E-state index contributed by atoms with van der Waals surface area (Å²) in [5.41, 5.74) is 2.22. The van der Waals surface area contributed by atoms with Gasteiger partial charge in [-0.3, -0.25) is 0 Å². The van der Waals surface area contributed by atoms with E-state index in [-0.39, 0.29) is 0 Å². The van der Waals surface area contributed by atoms with Crippen LogP contribution >= 0.6 is 11.3 Å². The van der Waals surface area contributed by atoms with Gasteiger partial charge in [0.15, 0.2) is 11.4 Å². The van der Waals surface area contributed by atoms with Crippen molar-refractivity contribution in [1.82, 2.24) is 19.6 Å². The minimum absolute atomic E-state index is 0.619. The van der Waals surface area contributed by atoms with Gasteiger partial charge in [-0.2, -0.15) is 4.52 Å². The molecule has 26 heavy (non-hydrogen) atoms. The first-order valence-electron chi connectivity index (χ1n) is 9.24. The summed E-state index contributed by atoms with van der Waals surface area (Å²) in [7, 11) is 0. The van der Waals surface area contributed by atoms with Crippen molar-refractivity contribution < 1.29 is 4.42 Å². The topological polar surface area (TPSA) is 59.5 Å². The molecule has 4 aromatic heterocycles. The summed E-state index contributed by atoms with van der Waals surface area (Å²) in [5.74, 6) is 2.21. The molecule has 0 aromatic carbocycles. The predicted molar refractivity (Wildman–Crippen MR) is 104 cm³/mol. The second-order valence-corrected chi connectivity index (χ2v) is 7.98. The number of aryl methyl sites for hydroxylation is 2. The molecule has 7 heteroatoms. The van der Waals surface area contributed by atoms with Gasteiger partial charge in [-0.1, -0.05) is 6.92 Å². The zero-order valence-electron chi connectivity index (χ0n) is 15.0. The molecule has 6 nitrogen and oxygen atoms in total. The van der Waals surface area contributed by atoms with Crippen molar-refractivity contribution in [3.05, 3.63) is 28.8 Å². The lowest BCUT2D eigenvalue weighted by Gasteiger charge is -2.27. The largest absolute Gasteiger partial charge is 0.461 e. The lowest BCUT2D eigenvalue weighted by Crippen LogP contribution is -2.32. The molecule has 4 aromatic rings. The molecule has 0 saturated carbocycles. The number of hydrogen-bond acceptors (Lipinski definition) is 6. The van der Waals surface area contributed by atoms with Crippen molar-refractivity contribution >= 4 is 33.1 Å². The third kappa shape index (κ3) is 2.34. The number of nitrogens with zero attached hydrogens (tertiary/aromatic N) is 5. The van der Waals surface area contributed by atoms with E-state index in [0.717, 1.165) is 41.3 Å². The van der Waals surface area contributed by atoms with Crippen LogP contribution in [-0.2, 0) is 6.42 Å². The molecular formula is C19H21N5OS. The first-order valence-corrected chi connectivity index (χ1v) is 10.1. The molecule has 0 radical (unpaired) electrons. The number of aromatic nitrogens is 4. The molecular weight excluding hydrogens is 346 g/mol. The summed E-state index contributed by atoms with van der Waals surface area (Å²) >= 11 is 1.76. The van der Waals surface area contributed by atoms with Crippen molar-refractivity contribution in [3.8, 4) is 11.6 Å². The van der Waals surface area contributed by atoms with E-state index < -0.39 is 0 Å². The lowest BCUT2D eigenvalue weighted by atomic mass is 10.1. The number of thiophene rings is 1. The molecule has 5 heterocycles. The molecule has 0 aliphatic carbocycles. The Morgan fingerprint density at radius 2 is 2.04 bits per heavy atom. The van der Waals surface area contributed by atoms with Crippen LogP contribution in [0.15, 0.2) is 22.8 Å². The second kappa shape index (κ2) is 6.09. The van der Waals surface area contributed by atoms with Crippen LogP contribution in [-0.4, -0.2) is 32.7 Å². The van der Waals surface area contributed by atoms with Gasteiger partial charge in [-0.25, -0.2) is 9.97 Å². The van der Waals surface area contributed by atoms with Crippen molar-refractivity contribution in [2.45, 2.75) is 39.5 Å². The fourth-order valence-corrected chi connectivity index (χ4v) is 4.96.